The molecule has 0 N–H and O–H groups in total. The van der Waals surface area contributed by atoms with Gasteiger partial charge in [-0.3, -0.25) is 14.8 Å². The Morgan fingerprint density at radius 2 is 1.79 bits per heavy atom. The molecule has 0 atom stereocenters. The van der Waals surface area contributed by atoms with Crippen molar-refractivity contribution in [2.45, 2.75) is 23.4 Å². The number of hydrogen-bond acceptors (Lipinski definition) is 4. The largest absolute Gasteiger partial charge is 0.451 e. The molecule has 3 rings (SSSR count). The first-order chi connectivity index (χ1) is 13.4. The van der Waals surface area contributed by atoms with Crippen LogP contribution in [0.1, 0.15) is 28.8 Å². The number of aromatic nitrogens is 2. The molecule has 0 bridgehead atoms. The van der Waals surface area contributed by atoms with Crippen LogP contribution in [-0.2, 0) is 6.42 Å². The third-order valence-electron chi connectivity index (χ3n) is 4.08. The van der Waals surface area contributed by atoms with Crippen molar-refractivity contribution in [3.63, 3.8) is 0 Å². The van der Waals surface area contributed by atoms with Crippen molar-refractivity contribution in [3.8, 4) is 16.9 Å². The first-order valence-electron chi connectivity index (χ1n) is 8.64. The average Bonchev–Trinajstić information content (AvgIpc) is 2.69. The zero-order chi connectivity index (χ0) is 20.0. The standard InChI is InChI=1S/C21H17F2IN2O2/c22-21(23,24)28-19-8-6-15(7-9-19)3-1-5-20(27)18-11-17(13-26-14-18)16-4-2-10-25-12-16/h2,4,6-14H,1,3,5H2. The molecule has 0 saturated carbocycles. The van der Waals surface area contributed by atoms with Gasteiger partial charge in [0.1, 0.15) is 5.75 Å². The van der Waals surface area contributed by atoms with Crippen molar-refractivity contribution in [3.05, 3.63) is 78.4 Å². The van der Waals surface area contributed by atoms with E-state index in [1.165, 1.54) is 12.1 Å². The van der Waals surface area contributed by atoms with Crippen LogP contribution in [0.15, 0.2) is 67.3 Å². The molecule has 4 nitrogen and oxygen atoms in total. The van der Waals surface area contributed by atoms with Gasteiger partial charge >= 0.3 is 4.12 Å². The molecule has 7 heteroatoms. The number of alkyl halides is 3. The quantitative estimate of drug-likeness (QED) is 0.229. The maximum Gasteiger partial charge on any atom is 0.451 e. The highest BCUT2D eigenvalue weighted by atomic mass is 127. The maximum atomic E-state index is 12.8. The fourth-order valence-electron chi connectivity index (χ4n) is 2.74. The molecule has 28 heavy (non-hydrogen) atoms. The predicted octanol–water partition coefficient (Wildman–Crippen LogP) is 5.71. The Labute approximate surface area is 175 Å². The molecule has 1 aromatic carbocycles. The Morgan fingerprint density at radius 1 is 1.04 bits per heavy atom. The summed E-state index contributed by atoms with van der Waals surface area (Å²) in [6.07, 6.45) is 8.39. The van der Waals surface area contributed by atoms with Gasteiger partial charge in [-0.2, -0.15) is 8.78 Å². The lowest BCUT2D eigenvalue weighted by molar-refractivity contribution is -0.0691. The number of aryl methyl sites for hydroxylation is 1. The number of hydrogen-bond donors (Lipinski definition) is 0. The first-order valence-corrected chi connectivity index (χ1v) is 9.72. The van der Waals surface area contributed by atoms with Gasteiger partial charge in [0.2, 0.25) is 0 Å². The van der Waals surface area contributed by atoms with Gasteiger partial charge in [-0.1, -0.05) is 18.2 Å². The van der Waals surface area contributed by atoms with E-state index in [-0.39, 0.29) is 11.5 Å². The molecule has 2 heterocycles. The van der Waals surface area contributed by atoms with Crippen molar-refractivity contribution in [2.24, 2.45) is 0 Å². The van der Waals surface area contributed by atoms with Crippen LogP contribution >= 0.6 is 22.6 Å². The molecule has 0 unspecified atom stereocenters. The highest BCUT2D eigenvalue weighted by Gasteiger charge is 2.25. The SMILES string of the molecule is O=C(CCCc1ccc(OC(F)(F)I)cc1)c1cncc(-c2cccnc2)c1. The van der Waals surface area contributed by atoms with Crippen molar-refractivity contribution in [2.75, 3.05) is 0 Å². The van der Waals surface area contributed by atoms with Crippen LogP contribution in [0.25, 0.3) is 11.1 Å². The molecule has 0 saturated heterocycles. The van der Waals surface area contributed by atoms with Crippen molar-refractivity contribution < 1.29 is 18.3 Å². The molecule has 3 aromatic rings. The Hall–Kier alpha value is -2.42. The second-order valence-corrected chi connectivity index (χ2v) is 7.43. The van der Waals surface area contributed by atoms with Gasteiger partial charge < -0.3 is 4.74 Å². The van der Waals surface area contributed by atoms with Gasteiger partial charge in [0.25, 0.3) is 0 Å². The summed E-state index contributed by atoms with van der Waals surface area (Å²) in [5.74, 6) is 0.125. The molecule has 0 aliphatic heterocycles. The van der Waals surface area contributed by atoms with E-state index < -0.39 is 4.12 Å². The van der Waals surface area contributed by atoms with E-state index >= 15 is 0 Å². The number of halogens is 3. The number of pyridine rings is 2. The summed E-state index contributed by atoms with van der Waals surface area (Å²) < 4.78 is 26.9. The van der Waals surface area contributed by atoms with E-state index in [4.69, 9.17) is 0 Å². The number of ketones is 1. The highest BCUT2D eigenvalue weighted by Crippen LogP contribution is 2.27. The summed E-state index contributed by atoms with van der Waals surface area (Å²) in [7, 11) is 0. The number of rotatable bonds is 8. The molecule has 0 aliphatic carbocycles. The van der Waals surface area contributed by atoms with E-state index in [1.807, 2.05) is 18.2 Å². The zero-order valence-corrected chi connectivity index (χ0v) is 17.0. The van der Waals surface area contributed by atoms with Gasteiger partial charge in [-0.15, -0.1) is 0 Å². The Morgan fingerprint density at radius 3 is 2.46 bits per heavy atom. The second-order valence-electron chi connectivity index (χ2n) is 6.17. The summed E-state index contributed by atoms with van der Waals surface area (Å²) >= 11 is 0.928. The number of carbonyl (C=O) groups is 1. The monoisotopic (exact) mass is 494 g/mol. The molecule has 0 amide bonds. The normalized spacial score (nSPS) is 11.2. The minimum atomic E-state index is -3.23. The Bertz CT molecular complexity index is 929. The van der Waals surface area contributed by atoms with Crippen LogP contribution in [0.4, 0.5) is 8.78 Å². The summed E-state index contributed by atoms with van der Waals surface area (Å²) in [6.45, 7) is 0. The topological polar surface area (TPSA) is 52.1 Å². The van der Waals surface area contributed by atoms with Crippen molar-refractivity contribution in [1.82, 2.24) is 9.97 Å². The van der Waals surface area contributed by atoms with E-state index in [9.17, 15) is 13.6 Å². The van der Waals surface area contributed by atoms with E-state index in [0.717, 1.165) is 39.3 Å². The van der Waals surface area contributed by atoms with Gasteiger partial charge in [-0.25, -0.2) is 0 Å². The van der Waals surface area contributed by atoms with Crippen molar-refractivity contribution >= 4 is 28.4 Å². The van der Waals surface area contributed by atoms with Gasteiger partial charge in [0.15, 0.2) is 5.78 Å². The highest BCUT2D eigenvalue weighted by molar-refractivity contribution is 14.1. The van der Waals surface area contributed by atoms with Gasteiger partial charge in [-0.05, 0) is 42.7 Å². The zero-order valence-electron chi connectivity index (χ0n) is 14.8. The Kier molecular flexibility index (Phi) is 6.66. The minimum absolute atomic E-state index is 0.0164. The third kappa shape index (κ3) is 6.05. The number of Topliss-reactive ketones (excluding diaryl/α,β-unsaturated/α-hetero) is 1. The van der Waals surface area contributed by atoms with Gasteiger partial charge in [0, 0.05) is 47.9 Å². The molecular weight excluding hydrogens is 477 g/mol. The van der Waals surface area contributed by atoms with Crippen LogP contribution in [0.2, 0.25) is 0 Å². The average molecular weight is 494 g/mol. The molecule has 0 spiro atoms. The van der Waals surface area contributed by atoms with Crippen LogP contribution < -0.4 is 4.74 Å². The maximum absolute atomic E-state index is 12.8. The molecular formula is C21H17F2IN2O2. The molecule has 2 aromatic heterocycles. The Balaban J connectivity index is 1.55. The van der Waals surface area contributed by atoms with Crippen LogP contribution in [0, 0.1) is 0 Å². The van der Waals surface area contributed by atoms with Crippen LogP contribution in [0.3, 0.4) is 0 Å². The summed E-state index contributed by atoms with van der Waals surface area (Å²) in [4.78, 5) is 20.7. The lowest BCUT2D eigenvalue weighted by Crippen LogP contribution is -2.14. The summed E-state index contributed by atoms with van der Waals surface area (Å²) in [6, 6.07) is 12.0. The number of benzene rings is 1. The molecule has 0 aliphatic rings. The number of carbonyl (C=O) groups excluding carboxylic acids is 1. The van der Waals surface area contributed by atoms with Gasteiger partial charge in [0.05, 0.1) is 22.6 Å². The third-order valence-corrected chi connectivity index (χ3v) is 4.30. The molecule has 0 fully saturated rings. The first kappa shape index (κ1) is 20.3. The number of ether oxygens (including phenoxy) is 1. The number of nitrogens with zero attached hydrogens (tertiary/aromatic N) is 2. The van der Waals surface area contributed by atoms with E-state index in [1.54, 1.807) is 36.9 Å². The molecule has 0 radical (unpaired) electrons. The second kappa shape index (κ2) is 9.18. The van der Waals surface area contributed by atoms with E-state index in [2.05, 4.69) is 14.7 Å². The summed E-state index contributed by atoms with van der Waals surface area (Å²) in [5, 5.41) is 0. The smallest absolute Gasteiger partial charge is 0.425 e. The van der Waals surface area contributed by atoms with Crippen LogP contribution in [-0.4, -0.2) is 19.9 Å². The van der Waals surface area contributed by atoms with E-state index in [0.29, 0.717) is 24.8 Å². The fraction of sp³-hybridized carbons (Fsp3) is 0.190. The lowest BCUT2D eigenvalue weighted by Gasteiger charge is -2.11. The lowest BCUT2D eigenvalue weighted by atomic mass is 10.0. The fourth-order valence-corrected chi connectivity index (χ4v) is 2.99. The predicted molar refractivity (Wildman–Crippen MR) is 111 cm³/mol. The summed E-state index contributed by atoms with van der Waals surface area (Å²) in [5.41, 5.74) is 3.28. The van der Waals surface area contributed by atoms with Crippen molar-refractivity contribution in [1.29, 1.82) is 0 Å². The minimum Gasteiger partial charge on any atom is -0.425 e. The van der Waals surface area contributed by atoms with Crippen LogP contribution in [0.5, 0.6) is 5.75 Å². The molecule has 144 valence electrons.